The third-order valence-corrected chi connectivity index (χ3v) is 4.34. The molecule has 2 aromatic rings. The molecule has 1 aromatic heterocycles. The van der Waals surface area contributed by atoms with E-state index in [1.165, 1.54) is 0 Å². The maximum Gasteiger partial charge on any atom is 0.220 e. The predicted molar refractivity (Wildman–Crippen MR) is 84.8 cm³/mol. The summed E-state index contributed by atoms with van der Waals surface area (Å²) in [6.07, 6.45) is 1.83. The van der Waals surface area contributed by atoms with Crippen molar-refractivity contribution in [2.45, 2.75) is 32.9 Å². The van der Waals surface area contributed by atoms with E-state index in [4.69, 9.17) is 11.6 Å². The smallest absolute Gasteiger partial charge is 0.220 e. The highest BCUT2D eigenvalue weighted by Crippen LogP contribution is 2.32. The Bertz CT molecular complexity index is 671. The maximum atomic E-state index is 11.8. The van der Waals surface area contributed by atoms with Gasteiger partial charge in [-0.25, -0.2) is 0 Å². The van der Waals surface area contributed by atoms with E-state index in [9.17, 15) is 4.79 Å². The number of fused-ring (bicyclic) bond motifs is 1. The van der Waals surface area contributed by atoms with Gasteiger partial charge in [-0.05, 0) is 26.0 Å². The van der Waals surface area contributed by atoms with Gasteiger partial charge in [-0.1, -0.05) is 11.6 Å². The third-order valence-electron chi connectivity index (χ3n) is 4.12. The van der Waals surface area contributed by atoms with Crippen LogP contribution in [0.4, 0.5) is 5.69 Å². The van der Waals surface area contributed by atoms with Gasteiger partial charge in [0.25, 0.3) is 0 Å². The zero-order valence-electron chi connectivity index (χ0n) is 12.4. The van der Waals surface area contributed by atoms with Crippen molar-refractivity contribution in [3.8, 4) is 0 Å². The monoisotopic (exact) mass is 306 g/mol. The largest absolute Gasteiger partial charge is 0.367 e. The molecule has 0 saturated carbocycles. The highest BCUT2D eigenvalue weighted by Gasteiger charge is 2.31. The molecule has 1 saturated heterocycles. The summed E-state index contributed by atoms with van der Waals surface area (Å²) in [5, 5.41) is 8.82. The number of hydrogen-bond donors (Lipinski definition) is 1. The van der Waals surface area contributed by atoms with E-state index in [0.717, 1.165) is 29.7 Å². The Labute approximate surface area is 128 Å². The summed E-state index contributed by atoms with van der Waals surface area (Å²) in [4.78, 5) is 16.0. The molecule has 0 bridgehead atoms. The fraction of sp³-hybridized carbons (Fsp3) is 0.467. The second-order valence-electron chi connectivity index (χ2n) is 5.79. The van der Waals surface area contributed by atoms with Crippen molar-refractivity contribution in [2.24, 2.45) is 0 Å². The van der Waals surface area contributed by atoms with Gasteiger partial charge in [0.1, 0.15) is 0 Å². The molecule has 1 aliphatic heterocycles. The molecule has 1 aromatic carbocycles. The van der Waals surface area contributed by atoms with Crippen LogP contribution in [0, 0.1) is 0 Å². The molecule has 0 aliphatic carbocycles. The number of amides is 1. The number of anilines is 1. The fourth-order valence-corrected chi connectivity index (χ4v) is 3.61. The lowest BCUT2D eigenvalue weighted by Crippen LogP contribution is -2.58. The summed E-state index contributed by atoms with van der Waals surface area (Å²) in [6.45, 7) is 7.40. The Balaban J connectivity index is 1.97. The van der Waals surface area contributed by atoms with Gasteiger partial charge in [-0.3, -0.25) is 9.89 Å². The Hall–Kier alpha value is -1.75. The number of aromatic amines is 1. The van der Waals surface area contributed by atoms with Crippen molar-refractivity contribution in [3.05, 3.63) is 23.4 Å². The van der Waals surface area contributed by atoms with Crippen LogP contribution in [0.1, 0.15) is 20.8 Å². The highest BCUT2D eigenvalue weighted by molar-refractivity contribution is 6.31. The Morgan fingerprint density at radius 2 is 2.00 bits per heavy atom. The lowest BCUT2D eigenvalue weighted by molar-refractivity contribution is -0.133. The number of carbonyl (C=O) groups is 1. The van der Waals surface area contributed by atoms with E-state index in [-0.39, 0.29) is 18.0 Å². The summed E-state index contributed by atoms with van der Waals surface area (Å²) >= 11 is 6.21. The van der Waals surface area contributed by atoms with Crippen molar-refractivity contribution in [1.29, 1.82) is 0 Å². The third kappa shape index (κ3) is 2.46. The van der Waals surface area contributed by atoms with Gasteiger partial charge < -0.3 is 9.80 Å². The van der Waals surface area contributed by atoms with Gasteiger partial charge in [-0.2, -0.15) is 5.10 Å². The molecule has 5 nitrogen and oxygen atoms in total. The van der Waals surface area contributed by atoms with Gasteiger partial charge in [0.05, 0.1) is 11.7 Å². The first kappa shape index (κ1) is 14.2. The molecule has 1 fully saturated rings. The van der Waals surface area contributed by atoms with E-state index in [1.54, 1.807) is 6.92 Å². The van der Waals surface area contributed by atoms with Crippen LogP contribution < -0.4 is 4.90 Å². The highest BCUT2D eigenvalue weighted by atomic mass is 35.5. The first-order chi connectivity index (χ1) is 9.97. The second-order valence-corrected chi connectivity index (χ2v) is 6.22. The summed E-state index contributed by atoms with van der Waals surface area (Å²) in [5.74, 6) is 0.134. The van der Waals surface area contributed by atoms with E-state index < -0.39 is 0 Å². The summed E-state index contributed by atoms with van der Waals surface area (Å²) in [7, 11) is 0. The minimum atomic E-state index is 0.134. The Kier molecular flexibility index (Phi) is 3.53. The molecule has 1 N–H and O–H groups in total. The lowest BCUT2D eigenvalue weighted by Gasteiger charge is -2.45. The summed E-state index contributed by atoms with van der Waals surface area (Å²) in [6, 6.07) is 4.20. The zero-order valence-corrected chi connectivity index (χ0v) is 13.2. The summed E-state index contributed by atoms with van der Waals surface area (Å²) in [5.41, 5.74) is 2.01. The molecule has 1 aliphatic rings. The van der Waals surface area contributed by atoms with Crippen LogP contribution in [0.3, 0.4) is 0 Å². The van der Waals surface area contributed by atoms with Gasteiger partial charge in [0.2, 0.25) is 5.91 Å². The number of benzene rings is 1. The Morgan fingerprint density at radius 3 is 2.62 bits per heavy atom. The standard InChI is InChI=1S/C15H19ClN4O/c1-9-7-19(8-10(2)20(9)11(3)21)15-5-12(16)4-14-13(15)6-17-18-14/h4-6,9-10H,7-8H2,1-3H3,(H,17,18)/t9-,10+. The van der Waals surface area contributed by atoms with Crippen LogP contribution in [0.25, 0.3) is 10.9 Å². The molecule has 21 heavy (non-hydrogen) atoms. The first-order valence-electron chi connectivity index (χ1n) is 7.14. The van der Waals surface area contributed by atoms with Crippen LogP contribution in [-0.4, -0.2) is 46.2 Å². The minimum absolute atomic E-state index is 0.134. The number of rotatable bonds is 1. The second kappa shape index (κ2) is 5.22. The molecule has 2 heterocycles. The maximum absolute atomic E-state index is 11.8. The first-order valence-corrected chi connectivity index (χ1v) is 7.51. The van der Waals surface area contributed by atoms with E-state index in [2.05, 4.69) is 28.9 Å². The normalized spacial score (nSPS) is 22.9. The van der Waals surface area contributed by atoms with E-state index in [1.807, 2.05) is 23.2 Å². The molecular formula is C15H19ClN4O. The predicted octanol–water partition coefficient (Wildman–Crippen LogP) is 2.66. The molecule has 112 valence electrons. The van der Waals surface area contributed by atoms with E-state index in [0.29, 0.717) is 5.02 Å². The molecule has 0 spiro atoms. The Morgan fingerprint density at radius 1 is 1.33 bits per heavy atom. The number of aromatic nitrogens is 2. The molecule has 0 unspecified atom stereocenters. The SMILES string of the molecule is CC(=O)N1[C@H](C)CN(c2cc(Cl)cc3[nH]ncc23)C[C@@H]1C. The molecule has 6 heteroatoms. The zero-order chi connectivity index (χ0) is 15.1. The average Bonchev–Trinajstić information content (AvgIpc) is 2.84. The van der Waals surface area contributed by atoms with Crippen molar-refractivity contribution in [3.63, 3.8) is 0 Å². The van der Waals surface area contributed by atoms with Gasteiger partial charge >= 0.3 is 0 Å². The number of H-pyrrole nitrogens is 1. The van der Waals surface area contributed by atoms with Gasteiger partial charge in [-0.15, -0.1) is 0 Å². The average molecular weight is 307 g/mol. The van der Waals surface area contributed by atoms with Crippen molar-refractivity contribution >= 4 is 34.1 Å². The van der Waals surface area contributed by atoms with Crippen molar-refractivity contribution in [1.82, 2.24) is 15.1 Å². The molecule has 2 atom stereocenters. The lowest BCUT2D eigenvalue weighted by atomic mass is 10.1. The van der Waals surface area contributed by atoms with E-state index >= 15 is 0 Å². The number of halogens is 1. The molecule has 3 rings (SSSR count). The number of nitrogens with zero attached hydrogens (tertiary/aromatic N) is 3. The molecular weight excluding hydrogens is 288 g/mol. The number of carbonyl (C=O) groups excluding carboxylic acids is 1. The number of piperazine rings is 1. The quantitative estimate of drug-likeness (QED) is 0.881. The van der Waals surface area contributed by atoms with Gasteiger partial charge in [0.15, 0.2) is 0 Å². The van der Waals surface area contributed by atoms with Crippen LogP contribution in [0.15, 0.2) is 18.3 Å². The van der Waals surface area contributed by atoms with Crippen molar-refractivity contribution in [2.75, 3.05) is 18.0 Å². The summed E-state index contributed by atoms with van der Waals surface area (Å²) < 4.78 is 0. The van der Waals surface area contributed by atoms with Crippen LogP contribution >= 0.6 is 11.6 Å². The van der Waals surface area contributed by atoms with Crippen LogP contribution in [0.2, 0.25) is 5.02 Å². The minimum Gasteiger partial charge on any atom is -0.367 e. The molecule has 1 amide bonds. The fourth-order valence-electron chi connectivity index (χ4n) is 3.40. The van der Waals surface area contributed by atoms with Gasteiger partial charge in [0, 0.05) is 48.2 Å². The van der Waals surface area contributed by atoms with Crippen LogP contribution in [0.5, 0.6) is 0 Å². The van der Waals surface area contributed by atoms with Crippen LogP contribution in [-0.2, 0) is 4.79 Å². The van der Waals surface area contributed by atoms with Crippen molar-refractivity contribution < 1.29 is 4.79 Å². The number of nitrogens with one attached hydrogen (secondary N) is 1. The topological polar surface area (TPSA) is 52.2 Å². The number of hydrogen-bond acceptors (Lipinski definition) is 3. The molecule has 0 radical (unpaired) electrons.